The molecular weight excluding hydrogens is 231 g/mol. The minimum Gasteiger partial charge on any atom is -0.496 e. The summed E-state index contributed by atoms with van der Waals surface area (Å²) in [6, 6.07) is 5.39. The van der Waals surface area contributed by atoms with Gasteiger partial charge in [-0.25, -0.2) is 0 Å². The standard InChI is InChI=1S/C13H15BO4/c1-12-8-13(12,2)18-14(17-12)10-4-5-11(16-3)9(6-10)7-15/h4-7H,8H2,1-3H3. The smallest absolute Gasteiger partial charge is 0.494 e. The van der Waals surface area contributed by atoms with Crippen LogP contribution in [0.1, 0.15) is 30.6 Å². The van der Waals surface area contributed by atoms with E-state index in [1.807, 2.05) is 6.07 Å². The van der Waals surface area contributed by atoms with E-state index in [2.05, 4.69) is 13.8 Å². The minimum absolute atomic E-state index is 0.182. The van der Waals surface area contributed by atoms with Crippen molar-refractivity contribution < 1.29 is 18.8 Å². The number of ether oxygens (including phenoxy) is 1. The summed E-state index contributed by atoms with van der Waals surface area (Å²) >= 11 is 0. The highest BCUT2D eigenvalue weighted by atomic mass is 16.7. The molecule has 1 aliphatic heterocycles. The Labute approximate surface area is 106 Å². The zero-order valence-electron chi connectivity index (χ0n) is 10.7. The van der Waals surface area contributed by atoms with Crippen molar-refractivity contribution >= 4 is 18.9 Å². The van der Waals surface area contributed by atoms with Gasteiger partial charge in [0.05, 0.1) is 23.9 Å². The van der Waals surface area contributed by atoms with Gasteiger partial charge in [-0.2, -0.15) is 0 Å². The second kappa shape index (κ2) is 3.59. The molecule has 2 aliphatic rings. The van der Waals surface area contributed by atoms with Gasteiger partial charge in [0.15, 0.2) is 6.29 Å². The molecule has 0 N–H and O–H groups in total. The number of carbonyl (C=O) groups excluding carboxylic acids is 1. The summed E-state index contributed by atoms with van der Waals surface area (Å²) in [6.07, 6.45) is 1.70. The fraction of sp³-hybridized carbons (Fsp3) is 0.462. The number of benzene rings is 1. The van der Waals surface area contributed by atoms with Crippen LogP contribution in [0.15, 0.2) is 18.2 Å². The summed E-state index contributed by atoms with van der Waals surface area (Å²) in [5.74, 6) is 0.564. The molecule has 3 rings (SSSR count). The van der Waals surface area contributed by atoms with Crippen LogP contribution < -0.4 is 10.2 Å². The van der Waals surface area contributed by atoms with Crippen LogP contribution in [0, 0.1) is 0 Å². The maximum Gasteiger partial charge on any atom is 0.494 e. The van der Waals surface area contributed by atoms with Crippen molar-refractivity contribution in [2.24, 2.45) is 0 Å². The van der Waals surface area contributed by atoms with Gasteiger partial charge in [0, 0.05) is 6.42 Å². The van der Waals surface area contributed by atoms with E-state index in [9.17, 15) is 4.79 Å². The van der Waals surface area contributed by atoms with Gasteiger partial charge in [0.1, 0.15) is 5.75 Å². The van der Waals surface area contributed by atoms with E-state index in [1.165, 1.54) is 0 Å². The Bertz CT molecular complexity index is 502. The highest BCUT2D eigenvalue weighted by molar-refractivity contribution is 6.62. The molecule has 1 aromatic carbocycles. The predicted molar refractivity (Wildman–Crippen MR) is 67.4 cm³/mol. The molecule has 0 bridgehead atoms. The van der Waals surface area contributed by atoms with Crippen LogP contribution in [0.25, 0.3) is 0 Å². The summed E-state index contributed by atoms with van der Waals surface area (Å²) in [4.78, 5) is 11.0. The van der Waals surface area contributed by atoms with Gasteiger partial charge in [-0.3, -0.25) is 4.79 Å². The van der Waals surface area contributed by atoms with Gasteiger partial charge in [0.2, 0.25) is 0 Å². The zero-order valence-corrected chi connectivity index (χ0v) is 10.7. The van der Waals surface area contributed by atoms with E-state index < -0.39 is 7.12 Å². The van der Waals surface area contributed by atoms with Crippen molar-refractivity contribution in [2.45, 2.75) is 31.5 Å². The van der Waals surface area contributed by atoms with Crippen molar-refractivity contribution in [3.05, 3.63) is 23.8 Å². The predicted octanol–water partition coefficient (Wildman–Crippen LogP) is 1.17. The molecule has 1 saturated heterocycles. The first-order valence-corrected chi connectivity index (χ1v) is 6.00. The molecular formula is C13H15BO4. The highest BCUT2D eigenvalue weighted by Gasteiger charge is 2.71. The molecule has 94 valence electrons. The molecule has 0 spiro atoms. The van der Waals surface area contributed by atoms with Crippen molar-refractivity contribution in [3.63, 3.8) is 0 Å². The summed E-state index contributed by atoms with van der Waals surface area (Å²) in [5, 5.41) is 0. The fourth-order valence-corrected chi connectivity index (χ4v) is 2.56. The lowest BCUT2D eigenvalue weighted by atomic mass is 9.78. The van der Waals surface area contributed by atoms with Gasteiger partial charge in [-0.15, -0.1) is 0 Å². The molecule has 18 heavy (non-hydrogen) atoms. The maximum atomic E-state index is 11.0. The van der Waals surface area contributed by atoms with Crippen molar-refractivity contribution in [1.29, 1.82) is 0 Å². The number of hydrogen-bond donors (Lipinski definition) is 0. The third-order valence-electron chi connectivity index (χ3n) is 4.06. The van der Waals surface area contributed by atoms with Gasteiger partial charge >= 0.3 is 7.12 Å². The normalized spacial score (nSPS) is 33.2. The Balaban J connectivity index is 1.88. The number of carbonyl (C=O) groups is 1. The number of rotatable bonds is 3. The van der Waals surface area contributed by atoms with Crippen molar-refractivity contribution in [3.8, 4) is 5.75 Å². The first kappa shape index (κ1) is 11.7. The van der Waals surface area contributed by atoms with E-state index in [0.717, 1.165) is 18.2 Å². The molecule has 2 unspecified atom stereocenters. The summed E-state index contributed by atoms with van der Waals surface area (Å²) in [5.41, 5.74) is 1.00. The van der Waals surface area contributed by atoms with Crippen LogP contribution in [0.5, 0.6) is 5.75 Å². The lowest BCUT2D eigenvalue weighted by Gasteiger charge is -2.12. The molecule has 2 atom stereocenters. The molecule has 1 saturated carbocycles. The quantitative estimate of drug-likeness (QED) is 0.593. The second-order valence-corrected chi connectivity index (χ2v) is 5.33. The summed E-state index contributed by atoms with van der Waals surface area (Å²) < 4.78 is 16.9. The van der Waals surface area contributed by atoms with E-state index in [1.54, 1.807) is 19.2 Å². The lowest BCUT2D eigenvalue weighted by molar-refractivity contribution is 0.112. The Hall–Kier alpha value is -1.33. The molecule has 1 aromatic rings. The van der Waals surface area contributed by atoms with E-state index in [-0.39, 0.29) is 11.2 Å². The Morgan fingerprint density at radius 2 is 2.00 bits per heavy atom. The van der Waals surface area contributed by atoms with E-state index in [0.29, 0.717) is 11.3 Å². The van der Waals surface area contributed by atoms with Crippen LogP contribution in [-0.2, 0) is 9.31 Å². The minimum atomic E-state index is -0.390. The van der Waals surface area contributed by atoms with Crippen molar-refractivity contribution in [2.75, 3.05) is 7.11 Å². The molecule has 0 radical (unpaired) electrons. The lowest BCUT2D eigenvalue weighted by Crippen LogP contribution is -2.36. The largest absolute Gasteiger partial charge is 0.496 e. The first-order valence-electron chi connectivity index (χ1n) is 6.00. The third kappa shape index (κ3) is 1.51. The monoisotopic (exact) mass is 246 g/mol. The van der Waals surface area contributed by atoms with Crippen LogP contribution in [0.3, 0.4) is 0 Å². The van der Waals surface area contributed by atoms with Gasteiger partial charge in [-0.05, 0) is 31.4 Å². The SMILES string of the molecule is COc1ccc(B2OC3(C)CC3(C)O2)cc1C=O. The molecule has 0 amide bonds. The first-order chi connectivity index (χ1) is 8.51. The van der Waals surface area contributed by atoms with Gasteiger partial charge in [-0.1, -0.05) is 6.07 Å². The molecule has 4 nitrogen and oxygen atoms in total. The molecule has 5 heteroatoms. The molecule has 1 heterocycles. The summed E-state index contributed by atoms with van der Waals surface area (Å²) in [6.45, 7) is 4.11. The highest BCUT2D eigenvalue weighted by Crippen LogP contribution is 2.58. The number of methoxy groups -OCH3 is 1. The van der Waals surface area contributed by atoms with Gasteiger partial charge in [0.25, 0.3) is 0 Å². The number of fused-ring (bicyclic) bond motifs is 1. The van der Waals surface area contributed by atoms with Crippen molar-refractivity contribution in [1.82, 2.24) is 0 Å². The van der Waals surface area contributed by atoms with Crippen LogP contribution in [0.4, 0.5) is 0 Å². The van der Waals surface area contributed by atoms with Crippen LogP contribution in [-0.4, -0.2) is 31.7 Å². The average molecular weight is 246 g/mol. The average Bonchev–Trinajstić information content (AvgIpc) is 2.78. The third-order valence-corrected chi connectivity index (χ3v) is 4.06. The van der Waals surface area contributed by atoms with Crippen LogP contribution in [0.2, 0.25) is 0 Å². The molecule has 0 aromatic heterocycles. The number of aldehydes is 1. The fourth-order valence-electron chi connectivity index (χ4n) is 2.56. The number of hydrogen-bond acceptors (Lipinski definition) is 4. The zero-order chi connectivity index (χ0) is 13.0. The van der Waals surface area contributed by atoms with E-state index >= 15 is 0 Å². The molecule has 2 fully saturated rings. The Kier molecular flexibility index (Phi) is 2.34. The Morgan fingerprint density at radius 3 is 2.56 bits per heavy atom. The summed E-state index contributed by atoms with van der Waals surface area (Å²) in [7, 11) is 1.15. The Morgan fingerprint density at radius 1 is 1.33 bits per heavy atom. The maximum absolute atomic E-state index is 11.0. The van der Waals surface area contributed by atoms with E-state index in [4.69, 9.17) is 14.0 Å². The molecule has 1 aliphatic carbocycles. The topological polar surface area (TPSA) is 44.8 Å². The van der Waals surface area contributed by atoms with Gasteiger partial charge < -0.3 is 14.0 Å². The van der Waals surface area contributed by atoms with Crippen LogP contribution >= 0.6 is 0 Å². The second-order valence-electron chi connectivity index (χ2n) is 5.33.